The van der Waals surface area contributed by atoms with Crippen LogP contribution in [-0.2, 0) is 10.0 Å². The first-order chi connectivity index (χ1) is 12.6. The lowest BCUT2D eigenvalue weighted by atomic mass is 10.3. The molecule has 2 aromatic carbocycles. The first-order valence-electron chi connectivity index (χ1n) is 7.84. The standard InChI is InChI=1S/C18H17N3O4S/c22-26(23,12-11-24-16-7-3-1-4-8-16)21-15-13-19-18(20-14-15)25-17-9-5-2-6-10-17/h1-10,13-14,21H,11-12H2. The highest BCUT2D eigenvalue weighted by atomic mass is 32.2. The van der Waals surface area contributed by atoms with Gasteiger partial charge >= 0.3 is 6.01 Å². The second-order valence-corrected chi connectivity index (χ2v) is 7.09. The van der Waals surface area contributed by atoms with E-state index in [0.29, 0.717) is 11.5 Å². The Morgan fingerprint density at radius 1 is 0.846 bits per heavy atom. The van der Waals surface area contributed by atoms with Crippen LogP contribution >= 0.6 is 0 Å². The number of para-hydroxylation sites is 2. The van der Waals surface area contributed by atoms with E-state index in [1.54, 1.807) is 24.3 Å². The maximum Gasteiger partial charge on any atom is 0.322 e. The van der Waals surface area contributed by atoms with Crippen molar-refractivity contribution in [3.63, 3.8) is 0 Å². The summed E-state index contributed by atoms with van der Waals surface area (Å²) in [5, 5.41) is 0. The Morgan fingerprint density at radius 3 is 2.04 bits per heavy atom. The number of nitrogens with one attached hydrogen (secondary N) is 1. The molecule has 1 heterocycles. The summed E-state index contributed by atoms with van der Waals surface area (Å²) in [6.07, 6.45) is 2.70. The second-order valence-electron chi connectivity index (χ2n) is 5.25. The molecular weight excluding hydrogens is 354 g/mol. The first-order valence-corrected chi connectivity index (χ1v) is 9.49. The van der Waals surface area contributed by atoms with Crippen molar-refractivity contribution >= 4 is 15.7 Å². The van der Waals surface area contributed by atoms with Crippen molar-refractivity contribution in [1.82, 2.24) is 9.97 Å². The molecule has 0 aliphatic carbocycles. The predicted octanol–water partition coefficient (Wildman–Crippen LogP) is 3.09. The van der Waals surface area contributed by atoms with Crippen LogP contribution in [0, 0.1) is 0 Å². The lowest BCUT2D eigenvalue weighted by molar-refractivity contribution is 0.341. The van der Waals surface area contributed by atoms with Crippen molar-refractivity contribution in [2.24, 2.45) is 0 Å². The highest BCUT2D eigenvalue weighted by molar-refractivity contribution is 7.92. The SMILES string of the molecule is O=S(=O)(CCOc1ccccc1)Nc1cnc(Oc2ccccc2)nc1. The molecular formula is C18H17N3O4S. The third-order valence-corrected chi connectivity index (χ3v) is 4.47. The third kappa shape index (κ3) is 5.45. The van der Waals surface area contributed by atoms with E-state index in [0.717, 1.165) is 0 Å². The summed E-state index contributed by atoms with van der Waals surface area (Å²) >= 11 is 0. The van der Waals surface area contributed by atoms with E-state index in [1.165, 1.54) is 12.4 Å². The summed E-state index contributed by atoms with van der Waals surface area (Å²) in [7, 11) is -3.57. The van der Waals surface area contributed by atoms with Crippen molar-refractivity contribution in [3.05, 3.63) is 73.1 Å². The highest BCUT2D eigenvalue weighted by Crippen LogP contribution is 2.17. The molecule has 0 aliphatic rings. The minimum Gasteiger partial charge on any atom is -0.492 e. The number of hydrogen-bond donors (Lipinski definition) is 1. The van der Waals surface area contributed by atoms with Crippen LogP contribution in [0.2, 0.25) is 0 Å². The van der Waals surface area contributed by atoms with Crippen LogP contribution in [0.1, 0.15) is 0 Å². The quantitative estimate of drug-likeness (QED) is 0.654. The minimum absolute atomic E-state index is 0.0371. The van der Waals surface area contributed by atoms with Gasteiger partial charge in [-0.3, -0.25) is 4.72 Å². The van der Waals surface area contributed by atoms with Gasteiger partial charge in [0.2, 0.25) is 10.0 Å². The molecule has 1 aromatic heterocycles. The fourth-order valence-electron chi connectivity index (χ4n) is 2.03. The minimum atomic E-state index is -3.57. The number of benzene rings is 2. The molecule has 134 valence electrons. The normalized spacial score (nSPS) is 10.9. The lowest BCUT2D eigenvalue weighted by Gasteiger charge is -2.09. The van der Waals surface area contributed by atoms with Crippen molar-refractivity contribution in [2.45, 2.75) is 0 Å². The molecule has 0 saturated carbocycles. The summed E-state index contributed by atoms with van der Waals surface area (Å²) in [6, 6.07) is 18.2. The van der Waals surface area contributed by atoms with Gasteiger partial charge in [0.15, 0.2) is 0 Å². The summed E-state index contributed by atoms with van der Waals surface area (Å²) in [4.78, 5) is 7.99. The number of aromatic nitrogens is 2. The molecule has 0 atom stereocenters. The summed E-state index contributed by atoms with van der Waals surface area (Å²) in [6.45, 7) is 0.0371. The van der Waals surface area contributed by atoms with Crippen molar-refractivity contribution in [2.75, 3.05) is 17.1 Å². The van der Waals surface area contributed by atoms with E-state index in [-0.39, 0.29) is 24.1 Å². The van der Waals surface area contributed by atoms with Gasteiger partial charge in [0.05, 0.1) is 18.1 Å². The molecule has 0 bridgehead atoms. The molecule has 1 N–H and O–H groups in total. The van der Waals surface area contributed by atoms with Crippen LogP contribution in [0.3, 0.4) is 0 Å². The van der Waals surface area contributed by atoms with Gasteiger partial charge < -0.3 is 9.47 Å². The zero-order chi connectivity index (χ0) is 18.2. The fourth-order valence-corrected chi connectivity index (χ4v) is 2.90. The van der Waals surface area contributed by atoms with Gasteiger partial charge in [-0.15, -0.1) is 0 Å². The van der Waals surface area contributed by atoms with Gasteiger partial charge in [0, 0.05) is 0 Å². The van der Waals surface area contributed by atoms with Crippen LogP contribution in [0.5, 0.6) is 17.5 Å². The molecule has 3 aromatic rings. The number of ether oxygens (including phenoxy) is 2. The Morgan fingerprint density at radius 2 is 1.42 bits per heavy atom. The van der Waals surface area contributed by atoms with E-state index < -0.39 is 10.0 Å². The Bertz CT molecular complexity index is 918. The maximum absolute atomic E-state index is 12.1. The number of nitrogens with zero attached hydrogens (tertiary/aromatic N) is 2. The Kier molecular flexibility index (Phi) is 5.65. The molecule has 0 amide bonds. The Labute approximate surface area is 151 Å². The van der Waals surface area contributed by atoms with E-state index in [4.69, 9.17) is 9.47 Å². The fraction of sp³-hybridized carbons (Fsp3) is 0.111. The molecule has 7 nitrogen and oxygen atoms in total. The largest absolute Gasteiger partial charge is 0.492 e. The van der Waals surface area contributed by atoms with Crippen molar-refractivity contribution in [1.29, 1.82) is 0 Å². The van der Waals surface area contributed by atoms with Crippen LogP contribution in [0.4, 0.5) is 5.69 Å². The van der Waals surface area contributed by atoms with Gasteiger partial charge in [0.1, 0.15) is 23.9 Å². The topological polar surface area (TPSA) is 90.4 Å². The smallest absolute Gasteiger partial charge is 0.322 e. The number of rotatable bonds is 8. The molecule has 8 heteroatoms. The van der Waals surface area contributed by atoms with Gasteiger partial charge in [-0.05, 0) is 24.3 Å². The number of hydrogen-bond acceptors (Lipinski definition) is 6. The second kappa shape index (κ2) is 8.30. The molecule has 0 aliphatic heterocycles. The van der Waals surface area contributed by atoms with Crippen LogP contribution < -0.4 is 14.2 Å². The summed E-state index contributed by atoms with van der Waals surface area (Å²) in [5.74, 6) is 1.02. The summed E-state index contributed by atoms with van der Waals surface area (Å²) in [5.41, 5.74) is 0.255. The Hall–Kier alpha value is -3.13. The first kappa shape index (κ1) is 17.7. The average molecular weight is 371 g/mol. The van der Waals surface area contributed by atoms with Crippen LogP contribution in [0.15, 0.2) is 73.1 Å². The van der Waals surface area contributed by atoms with E-state index >= 15 is 0 Å². The molecule has 0 fully saturated rings. The zero-order valence-corrected chi connectivity index (χ0v) is 14.6. The molecule has 3 rings (SSSR count). The number of sulfonamides is 1. The van der Waals surface area contributed by atoms with Crippen LogP contribution in [-0.4, -0.2) is 30.7 Å². The monoisotopic (exact) mass is 371 g/mol. The molecule has 0 spiro atoms. The van der Waals surface area contributed by atoms with E-state index in [9.17, 15) is 8.42 Å². The predicted molar refractivity (Wildman–Crippen MR) is 97.9 cm³/mol. The van der Waals surface area contributed by atoms with Gasteiger partial charge in [0.25, 0.3) is 0 Å². The maximum atomic E-state index is 12.1. The molecule has 0 radical (unpaired) electrons. The lowest BCUT2D eigenvalue weighted by Crippen LogP contribution is -2.21. The Balaban J connectivity index is 1.52. The van der Waals surface area contributed by atoms with E-state index in [1.807, 2.05) is 36.4 Å². The zero-order valence-electron chi connectivity index (χ0n) is 13.8. The third-order valence-electron chi connectivity index (χ3n) is 3.22. The summed E-state index contributed by atoms with van der Waals surface area (Å²) < 4.78 is 37.4. The number of anilines is 1. The van der Waals surface area contributed by atoms with Crippen molar-refractivity contribution < 1.29 is 17.9 Å². The van der Waals surface area contributed by atoms with Gasteiger partial charge in [-0.25, -0.2) is 18.4 Å². The molecule has 0 saturated heterocycles. The van der Waals surface area contributed by atoms with Crippen LogP contribution in [0.25, 0.3) is 0 Å². The highest BCUT2D eigenvalue weighted by Gasteiger charge is 2.12. The van der Waals surface area contributed by atoms with Gasteiger partial charge in [-0.2, -0.15) is 0 Å². The van der Waals surface area contributed by atoms with E-state index in [2.05, 4.69) is 14.7 Å². The van der Waals surface area contributed by atoms with Crippen molar-refractivity contribution in [3.8, 4) is 17.5 Å². The average Bonchev–Trinajstić information content (AvgIpc) is 2.65. The molecule has 26 heavy (non-hydrogen) atoms. The molecule has 0 unspecified atom stereocenters. The van der Waals surface area contributed by atoms with Gasteiger partial charge in [-0.1, -0.05) is 36.4 Å².